The van der Waals surface area contributed by atoms with Crippen molar-refractivity contribution in [1.82, 2.24) is 10.3 Å². The first-order chi connectivity index (χ1) is 11.6. The maximum atomic E-state index is 13.5. The minimum atomic E-state index is -1.89. The maximum Gasteiger partial charge on any atom is 0.268 e. The highest BCUT2D eigenvalue weighted by atomic mass is 32.2. The van der Waals surface area contributed by atoms with E-state index in [1.54, 1.807) is 30.3 Å². The van der Waals surface area contributed by atoms with Crippen LogP contribution in [0, 0.1) is 5.82 Å². The topological polar surface area (TPSA) is 73.4 Å². The van der Waals surface area contributed by atoms with Crippen molar-refractivity contribution >= 4 is 17.3 Å². The fourth-order valence-corrected chi connectivity index (χ4v) is 2.62. The molecular weight excluding hydrogens is 331 g/mol. The highest BCUT2D eigenvalue weighted by molar-refractivity contribution is 7.89. The van der Waals surface area contributed by atoms with Crippen LogP contribution >= 0.6 is 0 Å². The molecule has 128 valence electrons. The standard InChI is InChI=1S/C17H19FN2O3S/c1-2-3-11-23-14-8-6-7-13(12-14)17(21)19-20-24(22)16-10-5-4-9-15(16)18/h4-10,12,20H,2-3,11H2,1H3,(H,19,21). The highest BCUT2D eigenvalue weighted by Crippen LogP contribution is 2.15. The Hall–Kier alpha value is -2.09. The number of carbonyl (C=O) groups is 1. The molecule has 2 N–H and O–H groups in total. The average molecular weight is 350 g/mol. The van der Waals surface area contributed by atoms with E-state index in [9.17, 15) is 13.7 Å². The number of rotatable bonds is 8. The van der Waals surface area contributed by atoms with Crippen LogP contribution in [0.3, 0.4) is 0 Å². The van der Waals surface area contributed by atoms with Crippen molar-refractivity contribution < 1.29 is 18.5 Å². The van der Waals surface area contributed by atoms with Gasteiger partial charge < -0.3 is 9.29 Å². The van der Waals surface area contributed by atoms with Crippen LogP contribution in [0.2, 0.25) is 0 Å². The first kappa shape index (κ1) is 18.3. The number of hydrogen-bond acceptors (Lipinski definition) is 4. The second-order valence-electron chi connectivity index (χ2n) is 4.99. The molecular formula is C17H19FN2O3S. The molecule has 0 saturated heterocycles. The van der Waals surface area contributed by atoms with E-state index in [2.05, 4.69) is 17.2 Å². The van der Waals surface area contributed by atoms with Crippen LogP contribution in [0.15, 0.2) is 53.4 Å². The minimum Gasteiger partial charge on any atom is -0.591 e. The summed E-state index contributed by atoms with van der Waals surface area (Å²) >= 11 is -1.89. The molecule has 0 spiro atoms. The van der Waals surface area contributed by atoms with Gasteiger partial charge in [-0.2, -0.15) is 0 Å². The third kappa shape index (κ3) is 5.23. The predicted molar refractivity (Wildman–Crippen MR) is 90.3 cm³/mol. The Bertz CT molecular complexity index is 684. The van der Waals surface area contributed by atoms with Gasteiger partial charge in [0.15, 0.2) is 5.82 Å². The Morgan fingerprint density at radius 1 is 1.25 bits per heavy atom. The van der Waals surface area contributed by atoms with Crippen LogP contribution in [0.1, 0.15) is 30.1 Å². The molecule has 2 aromatic rings. The van der Waals surface area contributed by atoms with Crippen molar-refractivity contribution in [3.8, 4) is 5.75 Å². The summed E-state index contributed by atoms with van der Waals surface area (Å²) in [5, 5.41) is 0. The average Bonchev–Trinajstić information content (AvgIpc) is 2.60. The van der Waals surface area contributed by atoms with Gasteiger partial charge in [0.05, 0.1) is 6.61 Å². The van der Waals surface area contributed by atoms with Gasteiger partial charge in [-0.1, -0.05) is 31.5 Å². The van der Waals surface area contributed by atoms with Gasteiger partial charge >= 0.3 is 0 Å². The lowest BCUT2D eigenvalue weighted by molar-refractivity contribution is 0.0944. The molecule has 0 saturated carbocycles. The second kappa shape index (κ2) is 9.27. The first-order valence-corrected chi connectivity index (χ1v) is 8.72. The van der Waals surface area contributed by atoms with Crippen molar-refractivity contribution in [2.45, 2.75) is 24.7 Å². The van der Waals surface area contributed by atoms with Crippen molar-refractivity contribution in [3.05, 3.63) is 59.9 Å². The molecule has 24 heavy (non-hydrogen) atoms. The summed E-state index contributed by atoms with van der Waals surface area (Å²) in [4.78, 5) is 14.4. The number of nitrogens with one attached hydrogen (secondary N) is 2. The third-order valence-electron chi connectivity index (χ3n) is 3.16. The molecule has 0 fully saturated rings. The zero-order chi connectivity index (χ0) is 17.4. The lowest BCUT2D eigenvalue weighted by Gasteiger charge is -2.12. The van der Waals surface area contributed by atoms with Crippen molar-refractivity contribution in [3.63, 3.8) is 0 Å². The summed E-state index contributed by atoms with van der Waals surface area (Å²) in [6.45, 7) is 2.64. The van der Waals surface area contributed by atoms with Gasteiger partial charge in [0.1, 0.15) is 17.1 Å². The van der Waals surface area contributed by atoms with E-state index < -0.39 is 23.1 Å². The molecule has 1 unspecified atom stereocenters. The van der Waals surface area contributed by atoms with Crippen molar-refractivity contribution in [2.24, 2.45) is 0 Å². The van der Waals surface area contributed by atoms with E-state index in [-0.39, 0.29) is 4.90 Å². The summed E-state index contributed by atoms with van der Waals surface area (Å²) in [6.07, 6.45) is 1.95. The number of halogens is 1. The van der Waals surface area contributed by atoms with Crippen molar-refractivity contribution in [1.29, 1.82) is 0 Å². The van der Waals surface area contributed by atoms with Crippen molar-refractivity contribution in [2.75, 3.05) is 6.61 Å². The summed E-state index contributed by atoms with van der Waals surface area (Å²) in [6, 6.07) is 12.3. The quantitative estimate of drug-likeness (QED) is 0.436. The zero-order valence-electron chi connectivity index (χ0n) is 13.3. The Morgan fingerprint density at radius 3 is 2.79 bits per heavy atom. The zero-order valence-corrected chi connectivity index (χ0v) is 14.1. The molecule has 1 amide bonds. The number of unbranched alkanes of at least 4 members (excludes halogenated alkanes) is 1. The normalized spacial score (nSPS) is 11.8. The van der Waals surface area contributed by atoms with Gasteiger partial charge in [-0.05, 0) is 41.6 Å². The number of hydrogen-bond donors (Lipinski definition) is 2. The van der Waals surface area contributed by atoms with Gasteiger partial charge in [-0.25, -0.2) is 9.82 Å². The number of benzene rings is 2. The molecule has 0 aliphatic heterocycles. The van der Waals surface area contributed by atoms with Crippen LogP contribution in [-0.2, 0) is 11.4 Å². The van der Waals surface area contributed by atoms with E-state index in [1.807, 2.05) is 0 Å². The third-order valence-corrected chi connectivity index (χ3v) is 4.17. The van der Waals surface area contributed by atoms with Crippen LogP contribution in [-0.4, -0.2) is 17.1 Å². The Kier molecular flexibility index (Phi) is 7.05. The van der Waals surface area contributed by atoms with Crippen LogP contribution in [0.4, 0.5) is 4.39 Å². The molecule has 1 atom stereocenters. The molecule has 2 aromatic carbocycles. The molecule has 0 aliphatic rings. The summed E-state index contributed by atoms with van der Waals surface area (Å²) in [7, 11) is 0. The number of carbonyl (C=O) groups excluding carboxylic acids is 1. The molecule has 7 heteroatoms. The van der Waals surface area contributed by atoms with E-state index in [0.717, 1.165) is 12.8 Å². The molecule has 2 rings (SSSR count). The predicted octanol–water partition coefficient (Wildman–Crippen LogP) is 2.96. The fraction of sp³-hybridized carbons (Fsp3) is 0.235. The van der Waals surface area contributed by atoms with Gasteiger partial charge in [0.25, 0.3) is 5.91 Å². The highest BCUT2D eigenvalue weighted by Gasteiger charge is 2.17. The molecule has 0 heterocycles. The first-order valence-electron chi connectivity index (χ1n) is 7.57. The Balaban J connectivity index is 1.92. The lowest BCUT2D eigenvalue weighted by Crippen LogP contribution is -2.41. The lowest BCUT2D eigenvalue weighted by atomic mass is 10.2. The van der Waals surface area contributed by atoms with Crippen LogP contribution in [0.25, 0.3) is 0 Å². The maximum absolute atomic E-state index is 13.5. The molecule has 0 radical (unpaired) electrons. The molecule has 0 aliphatic carbocycles. The number of amides is 1. The van der Waals surface area contributed by atoms with Crippen LogP contribution < -0.4 is 15.0 Å². The summed E-state index contributed by atoms with van der Waals surface area (Å²) < 4.78 is 31.0. The largest absolute Gasteiger partial charge is 0.591 e. The van der Waals surface area contributed by atoms with Gasteiger partial charge in [-0.15, -0.1) is 0 Å². The smallest absolute Gasteiger partial charge is 0.268 e. The number of ether oxygens (including phenoxy) is 1. The van der Waals surface area contributed by atoms with E-state index in [1.165, 1.54) is 18.2 Å². The summed E-state index contributed by atoms with van der Waals surface area (Å²) in [5.74, 6) is -0.504. The number of hydrazine groups is 1. The van der Waals surface area contributed by atoms with Crippen LogP contribution in [0.5, 0.6) is 5.75 Å². The van der Waals surface area contributed by atoms with Gasteiger partial charge in [-0.3, -0.25) is 4.79 Å². The molecule has 0 bridgehead atoms. The van der Waals surface area contributed by atoms with Gasteiger partial charge in [0.2, 0.25) is 4.90 Å². The second-order valence-corrected chi connectivity index (χ2v) is 6.17. The van der Waals surface area contributed by atoms with E-state index in [4.69, 9.17) is 4.74 Å². The Labute approximate surface area is 143 Å². The minimum absolute atomic E-state index is 0.0329. The SMILES string of the molecule is CCCCOc1cccc(C(=O)NN[S+]([O-])c2ccccc2F)c1. The van der Waals surface area contributed by atoms with E-state index >= 15 is 0 Å². The fourth-order valence-electron chi connectivity index (χ4n) is 1.88. The Morgan fingerprint density at radius 2 is 2.04 bits per heavy atom. The van der Waals surface area contributed by atoms with Gasteiger partial charge in [0, 0.05) is 5.56 Å². The molecule has 5 nitrogen and oxygen atoms in total. The summed E-state index contributed by atoms with van der Waals surface area (Å²) in [5.41, 5.74) is 2.66. The molecule has 0 aromatic heterocycles. The van der Waals surface area contributed by atoms with E-state index in [0.29, 0.717) is 17.9 Å². The monoisotopic (exact) mass is 350 g/mol.